The zero-order chi connectivity index (χ0) is 25.6. The van der Waals surface area contributed by atoms with E-state index in [1.807, 2.05) is 13.8 Å². The largest absolute Gasteiger partial charge is 0.496 e. The fourth-order valence-electron chi connectivity index (χ4n) is 5.27. The van der Waals surface area contributed by atoms with Crippen LogP contribution >= 0.6 is 15.9 Å². The van der Waals surface area contributed by atoms with Crippen molar-refractivity contribution in [3.63, 3.8) is 0 Å². The van der Waals surface area contributed by atoms with Crippen molar-refractivity contribution in [3.8, 4) is 22.9 Å². The third-order valence-electron chi connectivity index (χ3n) is 6.99. The van der Waals surface area contributed by atoms with Gasteiger partial charge in [-0.15, -0.1) is 0 Å². The first-order chi connectivity index (χ1) is 17.2. The summed E-state index contributed by atoms with van der Waals surface area (Å²) in [4.78, 5) is 40.0. The number of aryl methyl sites for hydroxylation is 2. The lowest BCUT2D eigenvalue weighted by Gasteiger charge is -2.21. The van der Waals surface area contributed by atoms with Gasteiger partial charge in [0.05, 0.1) is 17.3 Å². The number of ether oxygens (including phenoxy) is 3. The van der Waals surface area contributed by atoms with E-state index in [-0.39, 0.29) is 6.10 Å². The van der Waals surface area contributed by atoms with Crippen LogP contribution in [-0.2, 0) is 4.74 Å². The number of aromatic nitrogens is 3. The Morgan fingerprint density at radius 2 is 1.86 bits per heavy atom. The Morgan fingerprint density at radius 1 is 1.11 bits per heavy atom. The molecule has 1 N–H and O–H groups in total. The molecular formula is C26H26BrN3O6. The molecule has 2 aliphatic carbocycles. The minimum absolute atomic E-state index is 0.197. The summed E-state index contributed by atoms with van der Waals surface area (Å²) >= 11 is 3.45. The van der Waals surface area contributed by atoms with E-state index in [1.165, 1.54) is 0 Å². The molecule has 188 valence electrons. The molecular weight excluding hydrogens is 530 g/mol. The van der Waals surface area contributed by atoms with Gasteiger partial charge in [0.15, 0.2) is 0 Å². The molecule has 2 aliphatic rings. The van der Waals surface area contributed by atoms with Gasteiger partial charge in [-0.2, -0.15) is 9.78 Å². The summed E-state index contributed by atoms with van der Waals surface area (Å²) in [5.41, 5.74) is -0.170. The van der Waals surface area contributed by atoms with Crippen molar-refractivity contribution in [2.75, 3.05) is 7.11 Å². The summed E-state index contributed by atoms with van der Waals surface area (Å²) in [7, 11) is 1.59. The standard InChI is InChI=1S/C26H26BrN3O6/c1-13-8-17(9-14(2)23(13)35-18-6-7-20(34-3)19(27)12-18)30-26(33)28-24(31)22(29-30)25(32)36-21-11-15-4-5-16(21)10-15/h6-9,12,15-16,21H,4-5,10-11H2,1-3H3,(H,28,31,33). The van der Waals surface area contributed by atoms with Gasteiger partial charge in [0, 0.05) is 0 Å². The van der Waals surface area contributed by atoms with E-state index in [9.17, 15) is 14.4 Å². The number of aromatic amines is 1. The lowest BCUT2D eigenvalue weighted by molar-refractivity contribution is 0.0147. The van der Waals surface area contributed by atoms with E-state index in [4.69, 9.17) is 14.2 Å². The number of nitrogens with one attached hydrogen (secondary N) is 1. The fourth-order valence-corrected chi connectivity index (χ4v) is 5.79. The average Bonchev–Trinajstić information content (AvgIpc) is 3.45. The Balaban J connectivity index is 1.43. The van der Waals surface area contributed by atoms with Crippen LogP contribution in [0.1, 0.15) is 47.3 Å². The second-order valence-corrected chi connectivity index (χ2v) is 10.3. The number of carbonyl (C=O) groups excluding carboxylic acids is 1. The number of halogens is 1. The van der Waals surface area contributed by atoms with Crippen LogP contribution in [0, 0.1) is 25.7 Å². The lowest BCUT2D eigenvalue weighted by atomic mass is 9.98. The Kier molecular flexibility index (Phi) is 6.46. The number of H-pyrrole nitrogens is 1. The van der Waals surface area contributed by atoms with Crippen molar-refractivity contribution >= 4 is 21.9 Å². The smallest absolute Gasteiger partial charge is 0.364 e. The highest BCUT2D eigenvalue weighted by Crippen LogP contribution is 2.46. The van der Waals surface area contributed by atoms with Gasteiger partial charge in [-0.3, -0.25) is 9.78 Å². The van der Waals surface area contributed by atoms with Crippen molar-refractivity contribution < 1.29 is 19.0 Å². The van der Waals surface area contributed by atoms with E-state index in [0.29, 0.717) is 34.8 Å². The molecule has 9 nitrogen and oxygen atoms in total. The van der Waals surface area contributed by atoms with Crippen LogP contribution in [0.25, 0.3) is 5.69 Å². The maximum absolute atomic E-state index is 12.8. The predicted molar refractivity (Wildman–Crippen MR) is 135 cm³/mol. The van der Waals surface area contributed by atoms with Gasteiger partial charge in [-0.25, -0.2) is 9.59 Å². The zero-order valence-corrected chi connectivity index (χ0v) is 21.8. The van der Waals surface area contributed by atoms with Crippen LogP contribution in [0.2, 0.25) is 0 Å². The van der Waals surface area contributed by atoms with Gasteiger partial charge in [-0.1, -0.05) is 0 Å². The van der Waals surface area contributed by atoms with Gasteiger partial charge >= 0.3 is 11.7 Å². The molecule has 36 heavy (non-hydrogen) atoms. The summed E-state index contributed by atoms with van der Waals surface area (Å²) in [6.07, 6.45) is 3.88. The molecule has 0 aliphatic heterocycles. The van der Waals surface area contributed by atoms with Crippen LogP contribution in [0.15, 0.2) is 44.4 Å². The summed E-state index contributed by atoms with van der Waals surface area (Å²) < 4.78 is 18.7. The Labute approximate surface area is 215 Å². The number of hydrogen-bond acceptors (Lipinski definition) is 7. The highest BCUT2D eigenvalue weighted by atomic mass is 79.9. The van der Waals surface area contributed by atoms with E-state index in [1.54, 1.807) is 37.4 Å². The van der Waals surface area contributed by atoms with Gasteiger partial charge in [0.1, 0.15) is 23.4 Å². The summed E-state index contributed by atoms with van der Waals surface area (Å²) in [6, 6.07) is 8.79. The molecule has 3 atom stereocenters. The van der Waals surface area contributed by atoms with E-state index < -0.39 is 22.9 Å². The topological polar surface area (TPSA) is 113 Å². The molecule has 10 heteroatoms. The van der Waals surface area contributed by atoms with Gasteiger partial charge in [0.25, 0.3) is 5.56 Å². The number of methoxy groups -OCH3 is 1. The van der Waals surface area contributed by atoms with Gasteiger partial charge < -0.3 is 14.2 Å². The van der Waals surface area contributed by atoms with Gasteiger partial charge in [-0.05, 0) is 109 Å². The normalized spacial score (nSPS) is 20.4. The SMILES string of the molecule is COc1ccc(Oc2c(C)cc(-n3nc(C(=O)OC4CC5CCC4C5)c(=O)[nH]c3=O)cc2C)cc1Br. The second-order valence-electron chi connectivity index (χ2n) is 9.45. The van der Waals surface area contributed by atoms with Crippen molar-refractivity contribution in [3.05, 3.63) is 72.5 Å². The van der Waals surface area contributed by atoms with E-state index in [2.05, 4.69) is 26.0 Å². The molecule has 2 aromatic carbocycles. The number of benzene rings is 2. The Bertz CT molecular complexity index is 1440. The van der Waals surface area contributed by atoms with Crippen LogP contribution in [0.4, 0.5) is 0 Å². The highest BCUT2D eigenvalue weighted by Gasteiger charge is 2.42. The van der Waals surface area contributed by atoms with E-state index >= 15 is 0 Å². The van der Waals surface area contributed by atoms with Crippen LogP contribution in [0.5, 0.6) is 17.2 Å². The Hall–Kier alpha value is -3.40. The fraction of sp³-hybridized carbons (Fsp3) is 0.385. The average molecular weight is 556 g/mol. The zero-order valence-electron chi connectivity index (χ0n) is 20.2. The molecule has 0 radical (unpaired) electrons. The number of hydrogen-bond donors (Lipinski definition) is 1. The number of nitrogens with zero attached hydrogens (tertiary/aromatic N) is 2. The van der Waals surface area contributed by atoms with Crippen molar-refractivity contribution in [1.82, 2.24) is 14.8 Å². The molecule has 3 aromatic rings. The van der Waals surface area contributed by atoms with Gasteiger partial charge in [0.2, 0.25) is 5.69 Å². The van der Waals surface area contributed by atoms with E-state index in [0.717, 1.165) is 46.0 Å². The number of esters is 1. The third-order valence-corrected chi connectivity index (χ3v) is 7.61. The summed E-state index contributed by atoms with van der Waals surface area (Å²) in [6.45, 7) is 3.68. The Morgan fingerprint density at radius 3 is 2.47 bits per heavy atom. The quantitative estimate of drug-likeness (QED) is 0.447. The first kappa shape index (κ1) is 24.3. The molecule has 0 spiro atoms. The van der Waals surface area contributed by atoms with Crippen LogP contribution in [-0.4, -0.2) is 33.9 Å². The number of fused-ring (bicyclic) bond motifs is 2. The molecule has 1 aromatic heterocycles. The minimum atomic E-state index is -0.858. The molecule has 3 unspecified atom stereocenters. The summed E-state index contributed by atoms with van der Waals surface area (Å²) in [5, 5.41) is 4.10. The molecule has 1 heterocycles. The molecule has 5 rings (SSSR count). The van der Waals surface area contributed by atoms with Crippen molar-refractivity contribution in [2.45, 2.75) is 45.6 Å². The molecule has 2 bridgehead atoms. The first-order valence-corrected chi connectivity index (χ1v) is 12.6. The predicted octanol–water partition coefficient (Wildman–Crippen LogP) is 4.45. The van der Waals surface area contributed by atoms with Crippen LogP contribution < -0.4 is 20.7 Å². The molecule has 2 fully saturated rings. The minimum Gasteiger partial charge on any atom is -0.496 e. The molecule has 0 saturated heterocycles. The maximum Gasteiger partial charge on any atom is 0.364 e. The van der Waals surface area contributed by atoms with Crippen molar-refractivity contribution in [1.29, 1.82) is 0 Å². The van der Waals surface area contributed by atoms with Crippen molar-refractivity contribution in [2.24, 2.45) is 11.8 Å². The molecule has 0 amide bonds. The number of carbonyl (C=O) groups is 1. The lowest BCUT2D eigenvalue weighted by Crippen LogP contribution is -2.37. The third kappa shape index (κ3) is 4.57. The monoisotopic (exact) mass is 555 g/mol. The van der Waals surface area contributed by atoms with Crippen LogP contribution in [0.3, 0.4) is 0 Å². The second kappa shape index (κ2) is 9.57. The highest BCUT2D eigenvalue weighted by molar-refractivity contribution is 9.10. The summed E-state index contributed by atoms with van der Waals surface area (Å²) in [5.74, 6) is 2.02. The number of rotatable bonds is 6. The maximum atomic E-state index is 12.8. The first-order valence-electron chi connectivity index (χ1n) is 11.8. The molecule has 2 saturated carbocycles.